The number of fused-ring (bicyclic) bond motifs is 1. The van der Waals surface area contributed by atoms with E-state index in [1.54, 1.807) is 37.3 Å². The number of pyridine rings is 1. The number of nitrogens with one attached hydrogen (secondary N) is 4. The summed E-state index contributed by atoms with van der Waals surface area (Å²) >= 11 is 0. The van der Waals surface area contributed by atoms with Crippen LogP contribution in [0, 0.1) is 17.1 Å². The summed E-state index contributed by atoms with van der Waals surface area (Å²) in [5.74, 6) is 0.0927. The highest BCUT2D eigenvalue weighted by Gasteiger charge is 2.17. The van der Waals surface area contributed by atoms with Crippen molar-refractivity contribution in [2.45, 2.75) is 13.0 Å². The molecular weight excluding hydrogens is 439 g/mol. The van der Waals surface area contributed by atoms with Crippen LogP contribution in [0.4, 0.5) is 10.2 Å². The number of hydrogen-bond donors (Lipinski definition) is 4. The number of rotatable bonds is 8. The van der Waals surface area contributed by atoms with Gasteiger partial charge in [0.2, 0.25) is 0 Å². The van der Waals surface area contributed by atoms with E-state index in [9.17, 15) is 19.2 Å². The van der Waals surface area contributed by atoms with Gasteiger partial charge in [-0.2, -0.15) is 5.26 Å². The van der Waals surface area contributed by atoms with E-state index in [1.807, 2.05) is 6.07 Å². The van der Waals surface area contributed by atoms with E-state index in [2.05, 4.69) is 25.6 Å². The van der Waals surface area contributed by atoms with Crippen LogP contribution in [0.5, 0.6) is 5.75 Å². The van der Waals surface area contributed by atoms with Gasteiger partial charge in [-0.05, 0) is 42.8 Å². The largest absolute Gasteiger partial charge is 0.492 e. The summed E-state index contributed by atoms with van der Waals surface area (Å²) in [5, 5.41) is 15.1. The Morgan fingerprint density at radius 3 is 2.71 bits per heavy atom. The van der Waals surface area contributed by atoms with Gasteiger partial charge in [-0.3, -0.25) is 4.79 Å². The second-order valence-electron chi connectivity index (χ2n) is 7.54. The number of nitriles is 1. The molecule has 4 aromatic rings. The molecule has 2 aromatic carbocycles. The Bertz CT molecular complexity index is 1420. The Hall–Kier alpha value is -4.65. The summed E-state index contributed by atoms with van der Waals surface area (Å²) < 4.78 is 18.9. The number of carbonyl (C=O) groups excluding carboxylic acids is 1. The van der Waals surface area contributed by atoms with Crippen LogP contribution < -0.4 is 21.1 Å². The molecule has 172 valence electrons. The number of ether oxygens (including phenoxy) is 1. The number of nitrogens with zero attached hydrogens (tertiary/aromatic N) is 2. The molecule has 9 nitrogen and oxygen atoms in total. The zero-order valence-corrected chi connectivity index (χ0v) is 18.2. The highest BCUT2D eigenvalue weighted by atomic mass is 19.1. The number of amides is 1. The molecule has 1 amide bonds. The Morgan fingerprint density at radius 2 is 1.94 bits per heavy atom. The molecule has 4 N–H and O–H groups in total. The second kappa shape index (κ2) is 9.87. The van der Waals surface area contributed by atoms with E-state index in [0.717, 1.165) is 5.56 Å². The minimum Gasteiger partial charge on any atom is -0.492 e. The third-order valence-corrected chi connectivity index (χ3v) is 5.13. The van der Waals surface area contributed by atoms with Crippen LogP contribution in [0.15, 0.2) is 59.5 Å². The van der Waals surface area contributed by atoms with E-state index >= 15 is 0 Å². The topological polar surface area (TPSA) is 136 Å². The SMILES string of the molecule is C[C@H](NC(=O)c1cc(C#N)cnc1NCCOc1ccc2[nH]c(=O)[nH]c2c1)c1ccc(F)cc1. The molecule has 10 heteroatoms. The normalized spacial score (nSPS) is 11.6. The van der Waals surface area contributed by atoms with Gasteiger partial charge in [-0.25, -0.2) is 14.2 Å². The lowest BCUT2D eigenvalue weighted by atomic mass is 10.1. The van der Waals surface area contributed by atoms with E-state index < -0.39 is 5.91 Å². The predicted octanol–water partition coefficient (Wildman–Crippen LogP) is 3.24. The maximum absolute atomic E-state index is 13.2. The number of carbonyl (C=O) groups is 1. The molecule has 0 spiro atoms. The van der Waals surface area contributed by atoms with Crippen LogP contribution in [-0.2, 0) is 0 Å². The summed E-state index contributed by atoms with van der Waals surface area (Å²) in [6, 6.07) is 14.1. The van der Waals surface area contributed by atoms with Gasteiger partial charge in [-0.15, -0.1) is 0 Å². The molecule has 0 aliphatic heterocycles. The molecule has 0 aliphatic carbocycles. The fraction of sp³-hybridized carbons (Fsp3) is 0.167. The van der Waals surface area contributed by atoms with Gasteiger partial charge >= 0.3 is 5.69 Å². The number of H-pyrrole nitrogens is 2. The first-order valence-corrected chi connectivity index (χ1v) is 10.5. The fourth-order valence-electron chi connectivity index (χ4n) is 3.39. The quantitative estimate of drug-likeness (QED) is 0.298. The Balaban J connectivity index is 1.41. The molecule has 0 saturated carbocycles. The Labute approximate surface area is 193 Å². The second-order valence-corrected chi connectivity index (χ2v) is 7.54. The van der Waals surface area contributed by atoms with Crippen LogP contribution in [-0.4, -0.2) is 34.0 Å². The number of aromatic amines is 2. The molecule has 0 aliphatic rings. The van der Waals surface area contributed by atoms with Crippen LogP contribution in [0.2, 0.25) is 0 Å². The van der Waals surface area contributed by atoms with Gasteiger partial charge in [0, 0.05) is 12.3 Å². The smallest absolute Gasteiger partial charge is 0.323 e. The van der Waals surface area contributed by atoms with Crippen molar-refractivity contribution >= 4 is 22.8 Å². The molecule has 0 bridgehead atoms. The van der Waals surface area contributed by atoms with Crippen molar-refractivity contribution in [3.63, 3.8) is 0 Å². The van der Waals surface area contributed by atoms with Gasteiger partial charge in [0.1, 0.15) is 30.1 Å². The van der Waals surface area contributed by atoms with E-state index in [1.165, 1.54) is 24.4 Å². The highest BCUT2D eigenvalue weighted by molar-refractivity contribution is 5.99. The Kier molecular flexibility index (Phi) is 6.54. The summed E-state index contributed by atoms with van der Waals surface area (Å²) in [6.07, 6.45) is 1.37. The molecular formula is C24H21FN6O3. The van der Waals surface area contributed by atoms with Gasteiger partial charge in [0.15, 0.2) is 0 Å². The average Bonchev–Trinajstić information content (AvgIpc) is 3.21. The van der Waals surface area contributed by atoms with Crippen molar-refractivity contribution < 1.29 is 13.9 Å². The summed E-state index contributed by atoms with van der Waals surface area (Å²) in [6.45, 7) is 2.37. The van der Waals surface area contributed by atoms with Crippen LogP contribution >= 0.6 is 0 Å². The third kappa shape index (κ3) is 5.21. The third-order valence-electron chi connectivity index (χ3n) is 5.13. The van der Waals surface area contributed by atoms with Crippen molar-refractivity contribution in [1.82, 2.24) is 20.3 Å². The number of aromatic nitrogens is 3. The zero-order chi connectivity index (χ0) is 24.1. The molecule has 2 aromatic heterocycles. The van der Waals surface area contributed by atoms with Crippen molar-refractivity contribution in [1.29, 1.82) is 5.26 Å². The number of benzene rings is 2. The average molecular weight is 460 g/mol. The first-order valence-electron chi connectivity index (χ1n) is 10.5. The summed E-state index contributed by atoms with van der Waals surface area (Å²) in [5.41, 5.74) is 2.22. The lowest BCUT2D eigenvalue weighted by Crippen LogP contribution is -2.28. The zero-order valence-electron chi connectivity index (χ0n) is 18.2. The number of imidazole rings is 1. The van der Waals surface area contributed by atoms with Crippen molar-refractivity contribution in [2.75, 3.05) is 18.5 Å². The van der Waals surface area contributed by atoms with E-state index in [-0.39, 0.29) is 35.3 Å². The van der Waals surface area contributed by atoms with Crippen molar-refractivity contribution in [3.8, 4) is 11.8 Å². The molecule has 1 atom stereocenters. The number of hydrogen-bond acceptors (Lipinski definition) is 6. The van der Waals surface area contributed by atoms with Crippen LogP contribution in [0.3, 0.4) is 0 Å². The molecule has 34 heavy (non-hydrogen) atoms. The fourth-order valence-corrected chi connectivity index (χ4v) is 3.39. The molecule has 2 heterocycles. The van der Waals surface area contributed by atoms with Crippen molar-refractivity contribution in [3.05, 3.63) is 87.7 Å². The van der Waals surface area contributed by atoms with Gasteiger partial charge < -0.3 is 25.3 Å². The van der Waals surface area contributed by atoms with Gasteiger partial charge in [-0.1, -0.05) is 12.1 Å². The number of halogens is 1. The standard InChI is InChI=1S/C24H21FN6O3/c1-14(16-2-4-17(25)5-3-16)29-23(32)19-10-15(12-26)13-28-22(19)27-8-9-34-18-6-7-20-21(11-18)31-24(33)30-20/h2-7,10-11,13-14H,8-9H2,1H3,(H,27,28)(H,29,32)(H2,30,31,33)/t14-/m0/s1. The lowest BCUT2D eigenvalue weighted by molar-refractivity contribution is 0.0940. The molecule has 0 saturated heterocycles. The molecule has 0 radical (unpaired) electrons. The monoisotopic (exact) mass is 460 g/mol. The lowest BCUT2D eigenvalue weighted by Gasteiger charge is -2.16. The minimum atomic E-state index is -0.424. The van der Waals surface area contributed by atoms with Gasteiger partial charge in [0.25, 0.3) is 5.91 Å². The van der Waals surface area contributed by atoms with E-state index in [4.69, 9.17) is 4.74 Å². The first kappa shape index (κ1) is 22.5. The van der Waals surface area contributed by atoms with E-state index in [0.29, 0.717) is 29.1 Å². The predicted molar refractivity (Wildman–Crippen MR) is 124 cm³/mol. The maximum atomic E-state index is 13.2. The molecule has 0 unspecified atom stereocenters. The van der Waals surface area contributed by atoms with Crippen LogP contribution in [0.25, 0.3) is 11.0 Å². The summed E-state index contributed by atoms with van der Waals surface area (Å²) in [4.78, 5) is 33.8. The van der Waals surface area contributed by atoms with Crippen molar-refractivity contribution in [2.24, 2.45) is 0 Å². The first-order chi connectivity index (χ1) is 16.4. The number of anilines is 1. The highest BCUT2D eigenvalue weighted by Crippen LogP contribution is 2.19. The van der Waals surface area contributed by atoms with Gasteiger partial charge in [0.05, 0.1) is 34.7 Å². The molecule has 0 fully saturated rings. The molecule has 4 rings (SSSR count). The summed E-state index contributed by atoms with van der Waals surface area (Å²) in [7, 11) is 0. The minimum absolute atomic E-state index is 0.208. The van der Waals surface area contributed by atoms with Crippen LogP contribution in [0.1, 0.15) is 34.5 Å². The maximum Gasteiger partial charge on any atom is 0.323 e. The Morgan fingerprint density at radius 1 is 1.18 bits per heavy atom.